The number of hydrogen-bond donors (Lipinski definition) is 0. The summed E-state index contributed by atoms with van der Waals surface area (Å²) in [7, 11) is 0. The fourth-order valence-electron chi connectivity index (χ4n) is 2.49. The first kappa shape index (κ1) is 12.1. The van der Waals surface area contributed by atoms with E-state index in [1.54, 1.807) is 6.92 Å². The Kier molecular flexibility index (Phi) is 3.19. The lowest BCUT2D eigenvalue weighted by Crippen LogP contribution is -2.45. The van der Waals surface area contributed by atoms with Crippen molar-refractivity contribution in [3.8, 4) is 0 Å². The molecule has 94 valence electrons. The van der Waals surface area contributed by atoms with Crippen LogP contribution in [0.1, 0.15) is 20.3 Å². The lowest BCUT2D eigenvalue weighted by molar-refractivity contribution is -0.159. The first-order chi connectivity index (χ1) is 8.04. The van der Waals surface area contributed by atoms with Crippen LogP contribution in [-0.2, 0) is 23.8 Å². The van der Waals surface area contributed by atoms with Crippen LogP contribution in [0.15, 0.2) is 12.2 Å². The zero-order valence-electron chi connectivity index (χ0n) is 9.92. The molecule has 2 heterocycles. The van der Waals surface area contributed by atoms with Gasteiger partial charge in [0.1, 0.15) is 6.10 Å². The molecule has 17 heavy (non-hydrogen) atoms. The minimum Gasteiger partial charge on any atom is -0.458 e. The summed E-state index contributed by atoms with van der Waals surface area (Å²) in [5, 5.41) is 0. The van der Waals surface area contributed by atoms with Gasteiger partial charge in [-0.3, -0.25) is 4.79 Å². The molecule has 5 unspecified atom stereocenters. The maximum Gasteiger partial charge on any atom is 0.333 e. The van der Waals surface area contributed by atoms with E-state index in [4.69, 9.17) is 14.2 Å². The zero-order valence-corrected chi connectivity index (χ0v) is 9.92. The van der Waals surface area contributed by atoms with E-state index in [9.17, 15) is 9.59 Å². The third-order valence-electron chi connectivity index (χ3n) is 3.32. The summed E-state index contributed by atoms with van der Waals surface area (Å²) >= 11 is 0. The summed E-state index contributed by atoms with van der Waals surface area (Å²) in [4.78, 5) is 22.0. The van der Waals surface area contributed by atoms with E-state index in [0.717, 1.165) is 6.42 Å². The largest absolute Gasteiger partial charge is 0.458 e. The lowest BCUT2D eigenvalue weighted by atomic mass is 9.86. The van der Waals surface area contributed by atoms with Crippen molar-refractivity contribution in [3.05, 3.63) is 12.2 Å². The topological polar surface area (TPSA) is 61.8 Å². The molecule has 0 N–H and O–H groups in total. The van der Waals surface area contributed by atoms with Crippen molar-refractivity contribution in [3.63, 3.8) is 0 Å². The second kappa shape index (κ2) is 4.49. The molecule has 0 aromatic heterocycles. The van der Waals surface area contributed by atoms with Crippen molar-refractivity contribution in [1.29, 1.82) is 0 Å². The van der Waals surface area contributed by atoms with Crippen LogP contribution in [0.2, 0.25) is 0 Å². The summed E-state index contributed by atoms with van der Waals surface area (Å²) in [6.45, 7) is 7.51. The monoisotopic (exact) mass is 240 g/mol. The number of fused-ring (bicyclic) bond motifs is 2. The molecule has 0 aliphatic carbocycles. The van der Waals surface area contributed by atoms with Gasteiger partial charge >= 0.3 is 5.97 Å². The predicted octanol–water partition coefficient (Wildman–Crippen LogP) is 0.823. The predicted molar refractivity (Wildman–Crippen MR) is 58.1 cm³/mol. The third-order valence-corrected chi connectivity index (χ3v) is 3.32. The Balaban J connectivity index is 2.08. The molecule has 2 aliphatic heterocycles. The Morgan fingerprint density at radius 1 is 1.47 bits per heavy atom. The standard InChI is InChI=1S/C12H16O5/c1-6(2)12(14)17-10-8-4-7(3)9(16-8)11(10)15-5-13/h5,7-11H,1,4H2,2-3H3. The van der Waals surface area contributed by atoms with Crippen molar-refractivity contribution in [2.45, 2.75) is 44.7 Å². The summed E-state index contributed by atoms with van der Waals surface area (Å²) in [6.07, 6.45) is -0.538. The van der Waals surface area contributed by atoms with E-state index in [2.05, 4.69) is 6.58 Å². The van der Waals surface area contributed by atoms with Gasteiger partial charge in [-0.1, -0.05) is 13.5 Å². The highest BCUT2D eigenvalue weighted by atomic mass is 16.6. The number of ether oxygens (including phenoxy) is 3. The van der Waals surface area contributed by atoms with Gasteiger partial charge in [-0.05, 0) is 19.3 Å². The molecule has 0 saturated carbocycles. The molecule has 0 aromatic carbocycles. The van der Waals surface area contributed by atoms with Crippen LogP contribution in [0, 0.1) is 5.92 Å². The molecule has 5 atom stereocenters. The minimum absolute atomic E-state index is 0.173. The average Bonchev–Trinajstić information content (AvgIpc) is 2.77. The molecule has 2 rings (SSSR count). The highest BCUT2D eigenvalue weighted by Crippen LogP contribution is 2.41. The van der Waals surface area contributed by atoms with Gasteiger partial charge in [-0.2, -0.15) is 0 Å². The van der Waals surface area contributed by atoms with E-state index in [-0.39, 0.29) is 12.2 Å². The Labute approximate surface area is 99.7 Å². The first-order valence-electron chi connectivity index (χ1n) is 5.65. The van der Waals surface area contributed by atoms with Crippen molar-refractivity contribution in [2.24, 2.45) is 5.92 Å². The molecule has 5 heteroatoms. The molecular weight excluding hydrogens is 224 g/mol. The SMILES string of the molecule is C=C(C)C(=O)OC1C2CC(C)C(O2)C1OC=O. The molecule has 2 saturated heterocycles. The molecule has 2 bridgehead atoms. The molecule has 0 amide bonds. The van der Waals surface area contributed by atoms with Crippen LogP contribution in [0.4, 0.5) is 0 Å². The number of esters is 1. The molecule has 2 aliphatic rings. The van der Waals surface area contributed by atoms with E-state index in [0.29, 0.717) is 18.0 Å². The maximum atomic E-state index is 11.5. The Morgan fingerprint density at radius 2 is 2.18 bits per heavy atom. The molecular formula is C12H16O5. The Bertz CT molecular complexity index is 351. The van der Waals surface area contributed by atoms with Gasteiger partial charge in [-0.25, -0.2) is 4.79 Å². The van der Waals surface area contributed by atoms with Gasteiger partial charge in [-0.15, -0.1) is 0 Å². The highest BCUT2D eigenvalue weighted by molar-refractivity contribution is 5.87. The normalized spacial score (nSPS) is 38.8. The molecule has 5 nitrogen and oxygen atoms in total. The van der Waals surface area contributed by atoms with Gasteiger partial charge in [0.2, 0.25) is 0 Å². The summed E-state index contributed by atoms with van der Waals surface area (Å²) in [5.74, 6) is -0.164. The molecule has 2 fully saturated rings. The van der Waals surface area contributed by atoms with Crippen molar-refractivity contribution in [2.75, 3.05) is 0 Å². The average molecular weight is 240 g/mol. The summed E-state index contributed by atoms with van der Waals surface area (Å²) in [6, 6.07) is 0. The van der Waals surface area contributed by atoms with Gasteiger partial charge in [0.05, 0.1) is 6.10 Å². The number of carbonyl (C=O) groups excluding carboxylic acids is 2. The second-order valence-corrected chi connectivity index (χ2v) is 4.70. The van der Waals surface area contributed by atoms with Crippen LogP contribution >= 0.6 is 0 Å². The quantitative estimate of drug-likeness (QED) is 0.413. The third kappa shape index (κ3) is 2.07. The van der Waals surface area contributed by atoms with Crippen molar-refractivity contribution in [1.82, 2.24) is 0 Å². The van der Waals surface area contributed by atoms with E-state index in [1.807, 2.05) is 6.92 Å². The first-order valence-corrected chi connectivity index (χ1v) is 5.65. The fourth-order valence-corrected chi connectivity index (χ4v) is 2.49. The molecule has 0 spiro atoms. The van der Waals surface area contributed by atoms with Gasteiger partial charge in [0.15, 0.2) is 12.2 Å². The van der Waals surface area contributed by atoms with Gasteiger partial charge in [0, 0.05) is 5.57 Å². The fraction of sp³-hybridized carbons (Fsp3) is 0.667. The number of carbonyl (C=O) groups is 2. The van der Waals surface area contributed by atoms with Crippen LogP contribution in [0.25, 0.3) is 0 Å². The smallest absolute Gasteiger partial charge is 0.333 e. The summed E-state index contributed by atoms with van der Waals surface area (Å²) < 4.78 is 15.9. The van der Waals surface area contributed by atoms with Crippen LogP contribution in [0.5, 0.6) is 0 Å². The van der Waals surface area contributed by atoms with Crippen LogP contribution < -0.4 is 0 Å². The number of hydrogen-bond acceptors (Lipinski definition) is 5. The van der Waals surface area contributed by atoms with E-state index >= 15 is 0 Å². The zero-order chi connectivity index (χ0) is 12.6. The van der Waals surface area contributed by atoms with Crippen molar-refractivity contribution < 1.29 is 23.8 Å². The highest BCUT2D eigenvalue weighted by Gasteiger charge is 2.56. The van der Waals surface area contributed by atoms with E-state index in [1.165, 1.54) is 0 Å². The van der Waals surface area contributed by atoms with Gasteiger partial charge in [0.25, 0.3) is 6.47 Å². The minimum atomic E-state index is -0.509. The lowest BCUT2D eigenvalue weighted by Gasteiger charge is -2.29. The van der Waals surface area contributed by atoms with Crippen LogP contribution in [-0.4, -0.2) is 36.9 Å². The van der Waals surface area contributed by atoms with Crippen LogP contribution in [0.3, 0.4) is 0 Å². The van der Waals surface area contributed by atoms with Crippen molar-refractivity contribution >= 4 is 12.4 Å². The molecule has 0 aromatic rings. The Hall–Kier alpha value is -1.36. The number of rotatable bonds is 4. The second-order valence-electron chi connectivity index (χ2n) is 4.70. The maximum absolute atomic E-state index is 11.5. The Morgan fingerprint density at radius 3 is 2.76 bits per heavy atom. The molecule has 0 radical (unpaired) electrons. The summed E-state index contributed by atoms with van der Waals surface area (Å²) in [5.41, 5.74) is 0.325. The van der Waals surface area contributed by atoms with E-state index < -0.39 is 18.2 Å². The van der Waals surface area contributed by atoms with Gasteiger partial charge < -0.3 is 14.2 Å².